The Balaban J connectivity index is 3.21. The summed E-state index contributed by atoms with van der Waals surface area (Å²) in [6.07, 6.45) is 1.99. The van der Waals surface area contributed by atoms with Gasteiger partial charge in [0.25, 0.3) is 0 Å². The number of thioether (sulfide) groups is 1. The van der Waals surface area contributed by atoms with E-state index in [0.29, 0.717) is 0 Å². The summed E-state index contributed by atoms with van der Waals surface area (Å²) in [5.41, 5.74) is 1.82. The second-order valence-electron chi connectivity index (χ2n) is 1.43. The topological polar surface area (TPSA) is 15.6 Å². The Hall–Kier alpha value is -0.180. The van der Waals surface area contributed by atoms with Crippen molar-refractivity contribution in [2.45, 2.75) is 6.92 Å². The number of nitrogens with zero attached hydrogens (tertiary/aromatic N) is 2. The van der Waals surface area contributed by atoms with Crippen LogP contribution in [0, 0.1) is 0 Å². The first-order valence-corrected chi connectivity index (χ1v) is 3.86. The van der Waals surface area contributed by atoms with Gasteiger partial charge in [-0.15, -0.1) is 11.8 Å². The van der Waals surface area contributed by atoms with Crippen molar-refractivity contribution < 1.29 is 0 Å². The average molecular weight is 132 g/mol. The summed E-state index contributed by atoms with van der Waals surface area (Å²) in [7, 11) is 1.95. The van der Waals surface area contributed by atoms with E-state index in [1.807, 2.05) is 23.9 Å². The van der Waals surface area contributed by atoms with Crippen molar-refractivity contribution >= 4 is 17.3 Å². The molecule has 0 rings (SSSR count). The van der Waals surface area contributed by atoms with Crippen LogP contribution in [0.4, 0.5) is 0 Å². The molecular formula is C5H12N2S. The molecule has 0 aliphatic heterocycles. The zero-order valence-electron chi connectivity index (χ0n) is 5.59. The maximum Gasteiger partial charge on any atom is 0.0796 e. The van der Waals surface area contributed by atoms with Crippen molar-refractivity contribution in [3.05, 3.63) is 0 Å². The number of hydrogen-bond acceptors (Lipinski definition) is 3. The number of rotatable bonds is 3. The normalized spacial score (nSPS) is 10.4. The standard InChI is InChI=1S/C5H12N2S/c1-4-7(2)6-5-8-3/h5H,4H2,1-3H3/b6-5-. The second-order valence-corrected chi connectivity index (χ2v) is 2.11. The van der Waals surface area contributed by atoms with Crippen molar-refractivity contribution in [3.63, 3.8) is 0 Å². The minimum absolute atomic E-state index is 0.969. The minimum Gasteiger partial charge on any atom is -0.300 e. The van der Waals surface area contributed by atoms with Crippen molar-refractivity contribution in [1.82, 2.24) is 5.01 Å². The van der Waals surface area contributed by atoms with Gasteiger partial charge in [-0.05, 0) is 13.2 Å². The van der Waals surface area contributed by atoms with Gasteiger partial charge in [0.1, 0.15) is 0 Å². The fraction of sp³-hybridized carbons (Fsp3) is 0.800. The molecule has 8 heavy (non-hydrogen) atoms. The predicted molar refractivity (Wildman–Crippen MR) is 40.3 cm³/mol. The Morgan fingerprint density at radius 2 is 2.38 bits per heavy atom. The minimum atomic E-state index is 0.969. The van der Waals surface area contributed by atoms with Gasteiger partial charge >= 0.3 is 0 Å². The lowest BCUT2D eigenvalue weighted by Crippen LogP contribution is -2.08. The third-order valence-corrected chi connectivity index (χ3v) is 1.11. The molecule has 0 aromatic rings. The molecule has 0 aliphatic rings. The Kier molecular flexibility index (Phi) is 4.85. The van der Waals surface area contributed by atoms with Gasteiger partial charge in [-0.2, -0.15) is 5.10 Å². The van der Waals surface area contributed by atoms with Crippen LogP contribution in [0.3, 0.4) is 0 Å². The smallest absolute Gasteiger partial charge is 0.0796 e. The van der Waals surface area contributed by atoms with Crippen LogP contribution >= 0.6 is 11.8 Å². The molecule has 0 amide bonds. The molecule has 0 spiro atoms. The van der Waals surface area contributed by atoms with Crippen molar-refractivity contribution in [3.8, 4) is 0 Å². The maximum atomic E-state index is 4.03. The lowest BCUT2D eigenvalue weighted by molar-refractivity contribution is 0.378. The molecule has 0 saturated heterocycles. The summed E-state index contributed by atoms with van der Waals surface area (Å²) in [6, 6.07) is 0. The molecule has 48 valence electrons. The lowest BCUT2D eigenvalue weighted by Gasteiger charge is -2.06. The van der Waals surface area contributed by atoms with Gasteiger partial charge in [0, 0.05) is 13.6 Å². The molecule has 0 heterocycles. The van der Waals surface area contributed by atoms with E-state index >= 15 is 0 Å². The highest BCUT2D eigenvalue weighted by Gasteiger charge is 1.79. The zero-order valence-corrected chi connectivity index (χ0v) is 6.40. The van der Waals surface area contributed by atoms with E-state index in [9.17, 15) is 0 Å². The Morgan fingerprint density at radius 1 is 1.75 bits per heavy atom. The fourth-order valence-electron chi connectivity index (χ4n) is 0.209. The zero-order chi connectivity index (χ0) is 6.41. The molecule has 0 atom stereocenters. The first kappa shape index (κ1) is 7.82. The van der Waals surface area contributed by atoms with Crippen LogP contribution < -0.4 is 0 Å². The molecule has 0 aliphatic carbocycles. The van der Waals surface area contributed by atoms with Crippen molar-refractivity contribution in [1.29, 1.82) is 0 Å². The van der Waals surface area contributed by atoms with Crippen LogP contribution in [0.5, 0.6) is 0 Å². The summed E-state index contributed by atoms with van der Waals surface area (Å²) in [5.74, 6) is 0. The lowest BCUT2D eigenvalue weighted by atomic mass is 10.7. The predicted octanol–water partition coefficient (Wildman–Crippen LogP) is 1.24. The van der Waals surface area contributed by atoms with Crippen molar-refractivity contribution in [2.24, 2.45) is 5.10 Å². The first-order chi connectivity index (χ1) is 3.81. The van der Waals surface area contributed by atoms with Crippen LogP contribution in [0.1, 0.15) is 6.92 Å². The Morgan fingerprint density at radius 3 is 2.75 bits per heavy atom. The van der Waals surface area contributed by atoms with E-state index in [1.165, 1.54) is 0 Å². The summed E-state index contributed by atoms with van der Waals surface area (Å²) in [4.78, 5) is 0. The van der Waals surface area contributed by atoms with E-state index in [1.54, 1.807) is 11.8 Å². The van der Waals surface area contributed by atoms with Crippen LogP contribution in [-0.4, -0.2) is 30.4 Å². The summed E-state index contributed by atoms with van der Waals surface area (Å²) >= 11 is 1.61. The first-order valence-electron chi connectivity index (χ1n) is 2.57. The largest absolute Gasteiger partial charge is 0.300 e. The van der Waals surface area contributed by atoms with Gasteiger partial charge in [0.2, 0.25) is 0 Å². The second kappa shape index (κ2) is 4.97. The highest BCUT2D eigenvalue weighted by Crippen LogP contribution is 1.86. The third kappa shape index (κ3) is 3.99. The highest BCUT2D eigenvalue weighted by atomic mass is 32.2. The molecule has 3 heteroatoms. The van der Waals surface area contributed by atoms with Gasteiger partial charge < -0.3 is 0 Å². The molecule has 0 bridgehead atoms. The van der Waals surface area contributed by atoms with Crippen LogP contribution in [0.2, 0.25) is 0 Å². The molecule has 0 fully saturated rings. The molecule has 0 N–H and O–H groups in total. The quantitative estimate of drug-likeness (QED) is 0.326. The van der Waals surface area contributed by atoms with Gasteiger partial charge in [0.05, 0.1) is 5.55 Å². The van der Waals surface area contributed by atoms with E-state index < -0.39 is 0 Å². The van der Waals surface area contributed by atoms with E-state index in [2.05, 4.69) is 12.0 Å². The van der Waals surface area contributed by atoms with Gasteiger partial charge in [-0.1, -0.05) is 0 Å². The summed E-state index contributed by atoms with van der Waals surface area (Å²) < 4.78 is 0. The molecule has 0 aromatic carbocycles. The SMILES string of the molecule is CCN(C)/N=C\SC. The fourth-order valence-corrected chi connectivity index (χ4v) is 0.464. The molecular weight excluding hydrogens is 120 g/mol. The van der Waals surface area contributed by atoms with Gasteiger partial charge in [-0.3, -0.25) is 5.01 Å². The average Bonchev–Trinajstić information content (AvgIpc) is 1.83. The number of hydrogen-bond donors (Lipinski definition) is 0. The highest BCUT2D eigenvalue weighted by molar-refractivity contribution is 8.11. The number of hydrazone groups is 1. The monoisotopic (exact) mass is 132 g/mol. The van der Waals surface area contributed by atoms with E-state index in [-0.39, 0.29) is 0 Å². The molecule has 0 aromatic heterocycles. The molecule has 2 nitrogen and oxygen atoms in total. The van der Waals surface area contributed by atoms with E-state index in [4.69, 9.17) is 0 Å². The molecule has 0 radical (unpaired) electrons. The van der Waals surface area contributed by atoms with Crippen molar-refractivity contribution in [2.75, 3.05) is 19.8 Å². The Labute approximate surface area is 54.9 Å². The summed E-state index contributed by atoms with van der Waals surface area (Å²) in [6.45, 7) is 3.04. The molecule has 0 unspecified atom stereocenters. The van der Waals surface area contributed by atoms with Gasteiger partial charge in [0.15, 0.2) is 0 Å². The Bertz CT molecular complexity index is 72.8. The maximum absolute atomic E-state index is 4.03. The van der Waals surface area contributed by atoms with E-state index in [0.717, 1.165) is 6.54 Å². The van der Waals surface area contributed by atoms with Gasteiger partial charge in [-0.25, -0.2) is 0 Å². The molecule has 0 saturated carbocycles. The van der Waals surface area contributed by atoms with Crippen LogP contribution in [0.15, 0.2) is 5.10 Å². The summed E-state index contributed by atoms with van der Waals surface area (Å²) in [5, 5.41) is 5.92. The third-order valence-electron chi connectivity index (χ3n) is 0.807. The van der Waals surface area contributed by atoms with Crippen LogP contribution in [0.25, 0.3) is 0 Å². The van der Waals surface area contributed by atoms with Crippen LogP contribution in [-0.2, 0) is 0 Å².